The molecule has 1 unspecified atom stereocenters. The summed E-state index contributed by atoms with van der Waals surface area (Å²) in [6, 6.07) is 17.6. The molecular weight excluding hydrogens is 436 g/mol. The molecule has 2 aromatic carbocycles. The molecule has 1 aliphatic rings. The molecule has 186 valence electrons. The molecule has 2 heterocycles. The minimum atomic E-state index is -0.491. The molecule has 35 heavy (non-hydrogen) atoms. The SMILES string of the molecule is CN(C)CC1CCCCN1CCCCCn1c(=O)c(-c2cccc(C(N)=O)c2)cc2ccccc21. The molecule has 0 saturated carbocycles. The molecule has 1 amide bonds. The van der Waals surface area contributed by atoms with Crippen molar-refractivity contribution in [3.05, 3.63) is 70.5 Å². The predicted octanol–water partition coefficient (Wildman–Crippen LogP) is 4.35. The standard InChI is InChI=1S/C29H38N4O2/c1-31(2)21-25-14-6-9-17-32(25)16-7-3-8-18-33-27-15-5-4-11-23(27)20-26(29(33)35)22-12-10-13-24(19-22)28(30)34/h4-5,10-13,15,19-20,25H,3,6-9,14,16-18,21H2,1-2H3,(H2,30,34). The van der Waals surface area contributed by atoms with Gasteiger partial charge < -0.3 is 15.2 Å². The van der Waals surface area contributed by atoms with Crippen molar-refractivity contribution < 1.29 is 4.79 Å². The Labute approximate surface area is 208 Å². The molecule has 2 N–H and O–H groups in total. The zero-order valence-corrected chi connectivity index (χ0v) is 21.1. The van der Waals surface area contributed by atoms with Crippen LogP contribution in [0.1, 0.15) is 48.9 Å². The van der Waals surface area contributed by atoms with Crippen LogP contribution in [-0.2, 0) is 6.54 Å². The largest absolute Gasteiger partial charge is 0.366 e. The number of hydrogen-bond donors (Lipinski definition) is 1. The van der Waals surface area contributed by atoms with Gasteiger partial charge in [0.25, 0.3) is 5.56 Å². The van der Waals surface area contributed by atoms with E-state index < -0.39 is 5.91 Å². The van der Waals surface area contributed by atoms with E-state index in [0.29, 0.717) is 23.7 Å². The quantitative estimate of drug-likeness (QED) is 0.444. The lowest BCUT2D eigenvalue weighted by atomic mass is 10.0. The number of carbonyl (C=O) groups excluding carboxylic acids is 1. The highest BCUT2D eigenvalue weighted by Gasteiger charge is 2.22. The Balaban J connectivity index is 1.47. The number of primary amides is 1. The highest BCUT2D eigenvalue weighted by molar-refractivity contribution is 5.94. The Morgan fingerprint density at radius 2 is 1.80 bits per heavy atom. The third-order valence-corrected chi connectivity index (χ3v) is 7.11. The van der Waals surface area contributed by atoms with E-state index in [1.165, 1.54) is 25.8 Å². The van der Waals surface area contributed by atoms with E-state index in [-0.39, 0.29) is 5.56 Å². The second-order valence-corrected chi connectivity index (χ2v) is 10.0. The lowest BCUT2D eigenvalue weighted by Crippen LogP contribution is -2.45. The number of unbranched alkanes of at least 4 members (excludes halogenated alkanes) is 2. The molecule has 0 spiro atoms. The van der Waals surface area contributed by atoms with Crippen LogP contribution in [0, 0.1) is 0 Å². The summed E-state index contributed by atoms with van der Waals surface area (Å²) in [5.41, 5.74) is 8.14. The first kappa shape index (κ1) is 25.1. The van der Waals surface area contributed by atoms with Gasteiger partial charge in [0, 0.05) is 30.3 Å². The van der Waals surface area contributed by atoms with E-state index in [9.17, 15) is 9.59 Å². The summed E-state index contributed by atoms with van der Waals surface area (Å²) in [6.45, 7) is 4.15. The Bertz CT molecular complexity index is 1220. The number of hydrogen-bond acceptors (Lipinski definition) is 4. The zero-order chi connectivity index (χ0) is 24.8. The predicted molar refractivity (Wildman–Crippen MR) is 144 cm³/mol. The summed E-state index contributed by atoms with van der Waals surface area (Å²) >= 11 is 0. The lowest BCUT2D eigenvalue weighted by molar-refractivity contribution is 0.100. The molecule has 1 fully saturated rings. The average molecular weight is 475 g/mol. The highest BCUT2D eigenvalue weighted by atomic mass is 16.1. The number of benzene rings is 2. The number of rotatable bonds is 10. The molecule has 6 heteroatoms. The maximum Gasteiger partial charge on any atom is 0.258 e. The molecule has 6 nitrogen and oxygen atoms in total. The van der Waals surface area contributed by atoms with Gasteiger partial charge in [-0.2, -0.15) is 0 Å². The monoisotopic (exact) mass is 474 g/mol. The van der Waals surface area contributed by atoms with Crippen LogP contribution in [-0.4, -0.2) is 60.0 Å². The van der Waals surface area contributed by atoms with Crippen molar-refractivity contribution in [1.29, 1.82) is 0 Å². The molecule has 3 aromatic rings. The van der Waals surface area contributed by atoms with Gasteiger partial charge >= 0.3 is 0 Å². The van der Waals surface area contributed by atoms with Gasteiger partial charge in [-0.3, -0.25) is 14.5 Å². The Kier molecular flexibility index (Phi) is 8.37. The summed E-state index contributed by atoms with van der Waals surface area (Å²) in [4.78, 5) is 30.2. The van der Waals surface area contributed by atoms with Gasteiger partial charge in [0.2, 0.25) is 5.91 Å². The van der Waals surface area contributed by atoms with E-state index in [1.54, 1.807) is 18.2 Å². The topological polar surface area (TPSA) is 71.6 Å². The van der Waals surface area contributed by atoms with E-state index >= 15 is 0 Å². The minimum Gasteiger partial charge on any atom is -0.366 e. The molecule has 1 saturated heterocycles. The number of carbonyl (C=O) groups is 1. The molecule has 0 bridgehead atoms. The normalized spacial score (nSPS) is 16.7. The fourth-order valence-electron chi connectivity index (χ4n) is 5.34. The number of fused-ring (bicyclic) bond motifs is 1. The number of aromatic nitrogens is 1. The summed E-state index contributed by atoms with van der Waals surface area (Å²) in [5.74, 6) is -0.491. The number of nitrogens with two attached hydrogens (primary N) is 1. The van der Waals surface area contributed by atoms with E-state index in [4.69, 9.17) is 5.73 Å². The van der Waals surface area contributed by atoms with Crippen LogP contribution >= 0.6 is 0 Å². The van der Waals surface area contributed by atoms with Crippen molar-refractivity contribution in [2.75, 3.05) is 33.7 Å². The number of amides is 1. The first-order valence-corrected chi connectivity index (χ1v) is 12.9. The fourth-order valence-corrected chi connectivity index (χ4v) is 5.34. The molecule has 1 atom stereocenters. The van der Waals surface area contributed by atoms with Gasteiger partial charge in [-0.05, 0) is 88.1 Å². The Morgan fingerprint density at radius 1 is 1.00 bits per heavy atom. The van der Waals surface area contributed by atoms with Gasteiger partial charge in [-0.1, -0.05) is 43.2 Å². The van der Waals surface area contributed by atoms with Gasteiger partial charge in [0.15, 0.2) is 0 Å². The maximum atomic E-state index is 13.6. The van der Waals surface area contributed by atoms with Gasteiger partial charge in [-0.25, -0.2) is 0 Å². The van der Waals surface area contributed by atoms with Crippen molar-refractivity contribution >= 4 is 16.8 Å². The van der Waals surface area contributed by atoms with Crippen molar-refractivity contribution in [3.63, 3.8) is 0 Å². The zero-order valence-electron chi connectivity index (χ0n) is 21.1. The second-order valence-electron chi connectivity index (χ2n) is 10.0. The molecule has 0 aliphatic carbocycles. The lowest BCUT2D eigenvalue weighted by Gasteiger charge is -2.37. The Morgan fingerprint density at radius 3 is 2.60 bits per heavy atom. The van der Waals surface area contributed by atoms with Crippen molar-refractivity contribution in [2.45, 2.75) is 51.1 Å². The van der Waals surface area contributed by atoms with E-state index in [2.05, 4.69) is 23.9 Å². The van der Waals surface area contributed by atoms with Crippen LogP contribution in [0.2, 0.25) is 0 Å². The minimum absolute atomic E-state index is 0.0209. The summed E-state index contributed by atoms with van der Waals surface area (Å²) in [5, 5.41) is 1.02. The Hall–Kier alpha value is -2.96. The van der Waals surface area contributed by atoms with Crippen molar-refractivity contribution in [3.8, 4) is 11.1 Å². The smallest absolute Gasteiger partial charge is 0.258 e. The highest BCUT2D eigenvalue weighted by Crippen LogP contribution is 2.23. The average Bonchev–Trinajstić information content (AvgIpc) is 2.85. The number of likely N-dealkylation sites (tertiary alicyclic amines) is 1. The maximum absolute atomic E-state index is 13.6. The summed E-state index contributed by atoms with van der Waals surface area (Å²) in [7, 11) is 4.32. The first-order valence-electron chi connectivity index (χ1n) is 12.9. The van der Waals surface area contributed by atoms with E-state index in [1.807, 2.05) is 41.0 Å². The van der Waals surface area contributed by atoms with Gasteiger partial charge in [0.1, 0.15) is 0 Å². The van der Waals surface area contributed by atoms with E-state index in [0.717, 1.165) is 48.8 Å². The number of piperidine rings is 1. The summed E-state index contributed by atoms with van der Waals surface area (Å²) < 4.78 is 1.90. The molecule has 1 aromatic heterocycles. The number of nitrogens with zero attached hydrogens (tertiary/aromatic N) is 3. The van der Waals surface area contributed by atoms with Crippen LogP contribution in [0.5, 0.6) is 0 Å². The molecule has 1 aliphatic heterocycles. The number of pyridine rings is 1. The van der Waals surface area contributed by atoms with Crippen LogP contribution in [0.3, 0.4) is 0 Å². The number of para-hydroxylation sites is 1. The third kappa shape index (κ3) is 6.19. The van der Waals surface area contributed by atoms with Crippen LogP contribution in [0.4, 0.5) is 0 Å². The first-order chi connectivity index (χ1) is 16.9. The van der Waals surface area contributed by atoms with Gasteiger partial charge in [-0.15, -0.1) is 0 Å². The van der Waals surface area contributed by atoms with Gasteiger partial charge in [0.05, 0.1) is 5.52 Å². The van der Waals surface area contributed by atoms with Crippen LogP contribution < -0.4 is 11.3 Å². The second kappa shape index (κ2) is 11.6. The van der Waals surface area contributed by atoms with Crippen molar-refractivity contribution in [2.24, 2.45) is 5.73 Å². The molecule has 4 rings (SSSR count). The van der Waals surface area contributed by atoms with Crippen LogP contribution in [0.25, 0.3) is 22.0 Å². The number of likely N-dealkylation sites (N-methyl/N-ethyl adjacent to an activating group) is 1. The molecule has 0 radical (unpaired) electrons. The fraction of sp³-hybridized carbons (Fsp3) is 0.448. The third-order valence-electron chi connectivity index (χ3n) is 7.11. The molecular formula is C29H38N4O2. The van der Waals surface area contributed by atoms with Crippen molar-refractivity contribution in [1.82, 2.24) is 14.4 Å². The van der Waals surface area contributed by atoms with Crippen LogP contribution in [0.15, 0.2) is 59.4 Å². The summed E-state index contributed by atoms with van der Waals surface area (Å²) in [6.07, 6.45) is 7.13. The number of aryl methyl sites for hydroxylation is 1.